The molecule has 0 saturated carbocycles. The fraction of sp³-hybridized carbons (Fsp3) is 0.238. The molecule has 2 N–H and O–H groups in total. The number of anilines is 2. The molecule has 0 spiro atoms. The minimum Gasteiger partial charge on any atom is -0.375 e. The zero-order chi connectivity index (χ0) is 23.3. The van der Waals surface area contributed by atoms with E-state index in [9.17, 15) is 9.18 Å². The lowest BCUT2D eigenvalue weighted by atomic mass is 10.0. The molecule has 5 rings (SSSR count). The Morgan fingerprint density at radius 1 is 1.15 bits per heavy atom. The molecule has 4 aromatic rings. The van der Waals surface area contributed by atoms with E-state index in [1.807, 2.05) is 4.90 Å². The Balaban J connectivity index is 1.61. The van der Waals surface area contributed by atoms with Gasteiger partial charge in [-0.2, -0.15) is 0 Å². The van der Waals surface area contributed by atoms with Gasteiger partial charge in [0.1, 0.15) is 29.4 Å². The molecule has 2 aromatic heterocycles. The Kier molecular flexibility index (Phi) is 5.67. The fourth-order valence-corrected chi connectivity index (χ4v) is 5.29. The summed E-state index contributed by atoms with van der Waals surface area (Å²) < 4.78 is 30.3. The monoisotopic (exact) mass is 508 g/mol. The van der Waals surface area contributed by atoms with Crippen LogP contribution in [0.1, 0.15) is 0 Å². The third-order valence-electron chi connectivity index (χ3n) is 5.63. The number of carbonyl (C=O) groups is 1. The highest BCUT2D eigenvalue weighted by atomic mass is 35.5. The molecule has 0 bridgehead atoms. The van der Waals surface area contributed by atoms with Crippen LogP contribution < -0.4 is 10.6 Å². The first-order valence-corrected chi connectivity index (χ1v) is 11.7. The van der Waals surface area contributed by atoms with Gasteiger partial charge in [-0.25, -0.2) is 23.7 Å². The number of nitrogens with two attached hydrogens (primary N) is 1. The molecule has 1 aliphatic heterocycles. The lowest BCUT2D eigenvalue weighted by Crippen LogP contribution is -2.49. The average molecular weight is 509 g/mol. The first-order valence-electron chi connectivity index (χ1n) is 9.95. The van der Waals surface area contributed by atoms with Crippen molar-refractivity contribution >= 4 is 72.5 Å². The summed E-state index contributed by atoms with van der Waals surface area (Å²) in [6.45, 7) is 1.97. The van der Waals surface area contributed by atoms with Crippen molar-refractivity contribution < 1.29 is 13.6 Å². The van der Waals surface area contributed by atoms with Crippen molar-refractivity contribution in [3.8, 4) is 11.1 Å². The van der Waals surface area contributed by atoms with Crippen LogP contribution in [-0.2, 0) is 4.79 Å². The molecular weight excluding hydrogens is 493 g/mol. The second-order valence-electron chi connectivity index (χ2n) is 7.47. The number of nitrogen functional groups attached to an aromatic ring is 1. The highest BCUT2D eigenvalue weighted by Gasteiger charge is 2.26. The quantitative estimate of drug-likeness (QED) is 0.415. The third-order valence-corrected chi connectivity index (χ3v) is 7.05. The third kappa shape index (κ3) is 3.71. The number of fused-ring (bicyclic) bond motifs is 2. The first-order chi connectivity index (χ1) is 15.9. The number of hydrogen-bond acceptors (Lipinski definition) is 7. The molecule has 33 heavy (non-hydrogen) atoms. The second-order valence-corrected chi connectivity index (χ2v) is 9.17. The summed E-state index contributed by atoms with van der Waals surface area (Å²) in [5.41, 5.74) is 6.50. The molecule has 7 nitrogen and oxygen atoms in total. The topological polar surface area (TPSA) is 88.2 Å². The van der Waals surface area contributed by atoms with Gasteiger partial charge in [0.05, 0.1) is 15.2 Å². The number of thiazole rings is 1. The number of hydrogen-bond donors (Lipinski definition) is 1. The summed E-state index contributed by atoms with van der Waals surface area (Å²) in [4.78, 5) is 28.2. The van der Waals surface area contributed by atoms with E-state index < -0.39 is 11.6 Å². The number of nitrogens with zero attached hydrogens (tertiary/aromatic N) is 5. The van der Waals surface area contributed by atoms with Crippen LogP contribution in [0.4, 0.5) is 19.7 Å². The van der Waals surface area contributed by atoms with Gasteiger partial charge in [-0.15, -0.1) is 11.6 Å². The van der Waals surface area contributed by atoms with Gasteiger partial charge in [0.15, 0.2) is 10.9 Å². The van der Waals surface area contributed by atoms with Gasteiger partial charge >= 0.3 is 0 Å². The zero-order valence-electron chi connectivity index (χ0n) is 17.0. The molecule has 1 saturated heterocycles. The van der Waals surface area contributed by atoms with Crippen molar-refractivity contribution in [1.29, 1.82) is 0 Å². The Hall–Kier alpha value is -2.82. The number of benzene rings is 2. The van der Waals surface area contributed by atoms with E-state index in [1.54, 1.807) is 11.0 Å². The Labute approximate surface area is 200 Å². The van der Waals surface area contributed by atoms with Gasteiger partial charge in [-0.05, 0) is 18.2 Å². The van der Waals surface area contributed by atoms with E-state index in [1.165, 1.54) is 18.5 Å². The molecule has 1 aliphatic rings. The summed E-state index contributed by atoms with van der Waals surface area (Å²) in [6.07, 6.45) is 1.29. The van der Waals surface area contributed by atoms with E-state index in [-0.39, 0.29) is 43.2 Å². The van der Waals surface area contributed by atoms with Crippen molar-refractivity contribution in [2.45, 2.75) is 0 Å². The number of rotatable bonds is 3. The van der Waals surface area contributed by atoms with Crippen molar-refractivity contribution in [2.24, 2.45) is 0 Å². The molecule has 0 aliphatic carbocycles. The molecular formula is C21H16Cl2F2N6OS. The normalized spacial score (nSPS) is 14.4. The second kappa shape index (κ2) is 8.51. The number of amides is 1. The number of carbonyl (C=O) groups excluding carboxylic acids is 1. The Morgan fingerprint density at radius 2 is 1.91 bits per heavy atom. The van der Waals surface area contributed by atoms with Crippen LogP contribution in [0.25, 0.3) is 32.2 Å². The zero-order valence-corrected chi connectivity index (χ0v) is 19.3. The highest BCUT2D eigenvalue weighted by Crippen LogP contribution is 2.42. The summed E-state index contributed by atoms with van der Waals surface area (Å²) in [7, 11) is 0. The summed E-state index contributed by atoms with van der Waals surface area (Å²) in [5.74, 6) is -0.821. The number of halogens is 4. The molecule has 0 atom stereocenters. The van der Waals surface area contributed by atoms with Gasteiger partial charge in [0.25, 0.3) is 0 Å². The van der Waals surface area contributed by atoms with E-state index in [0.717, 1.165) is 11.3 Å². The van der Waals surface area contributed by atoms with Crippen molar-refractivity contribution in [3.63, 3.8) is 0 Å². The van der Waals surface area contributed by atoms with Gasteiger partial charge < -0.3 is 15.5 Å². The molecule has 0 unspecified atom stereocenters. The summed E-state index contributed by atoms with van der Waals surface area (Å²) in [5, 5.41) is 0.730. The number of aromatic nitrogens is 3. The van der Waals surface area contributed by atoms with Crippen LogP contribution >= 0.6 is 34.5 Å². The molecule has 2 aromatic carbocycles. The fourth-order valence-electron chi connectivity index (χ4n) is 4.06. The largest absolute Gasteiger partial charge is 0.375 e. The van der Waals surface area contributed by atoms with Gasteiger partial charge in [0.2, 0.25) is 5.91 Å². The van der Waals surface area contributed by atoms with Gasteiger partial charge in [-0.1, -0.05) is 22.9 Å². The maximum atomic E-state index is 15.8. The minimum atomic E-state index is -0.656. The lowest BCUT2D eigenvalue weighted by Gasteiger charge is -2.35. The average Bonchev–Trinajstić information content (AvgIpc) is 3.22. The van der Waals surface area contributed by atoms with Crippen molar-refractivity contribution in [2.75, 3.05) is 42.7 Å². The molecule has 1 fully saturated rings. The van der Waals surface area contributed by atoms with Crippen LogP contribution in [0.3, 0.4) is 0 Å². The maximum absolute atomic E-state index is 15.8. The number of alkyl halides is 1. The summed E-state index contributed by atoms with van der Waals surface area (Å²) in [6, 6.07) is 4.27. The van der Waals surface area contributed by atoms with Crippen LogP contribution in [0.5, 0.6) is 0 Å². The van der Waals surface area contributed by atoms with E-state index >= 15 is 4.39 Å². The first kappa shape index (κ1) is 22.0. The minimum absolute atomic E-state index is 0.0681. The van der Waals surface area contributed by atoms with Crippen LogP contribution in [0, 0.1) is 11.6 Å². The van der Waals surface area contributed by atoms with E-state index in [0.29, 0.717) is 42.9 Å². The molecule has 12 heteroatoms. The predicted octanol–water partition coefficient (Wildman–Crippen LogP) is 4.31. The molecule has 1 amide bonds. The molecule has 3 heterocycles. The molecule has 170 valence electrons. The van der Waals surface area contributed by atoms with Gasteiger partial charge in [-0.3, -0.25) is 4.79 Å². The van der Waals surface area contributed by atoms with Crippen LogP contribution in [0.15, 0.2) is 24.5 Å². The smallest absolute Gasteiger partial charge is 0.237 e. The molecule has 0 radical (unpaired) electrons. The lowest BCUT2D eigenvalue weighted by molar-refractivity contribution is -0.128. The highest BCUT2D eigenvalue weighted by molar-refractivity contribution is 7.22. The van der Waals surface area contributed by atoms with Crippen LogP contribution in [-0.4, -0.2) is 57.8 Å². The SMILES string of the molecule is Nc1nc2c(-c3c(Cl)cc4c(N5CCN(C(=O)CCl)CC5)ncnc4c3F)ccc(F)c2s1. The predicted molar refractivity (Wildman–Crippen MR) is 127 cm³/mol. The van der Waals surface area contributed by atoms with E-state index in [2.05, 4.69) is 15.0 Å². The number of piperazine rings is 1. The summed E-state index contributed by atoms with van der Waals surface area (Å²) >= 11 is 13.2. The van der Waals surface area contributed by atoms with Gasteiger partial charge in [0, 0.05) is 42.7 Å². The Bertz CT molecular complexity index is 1410. The van der Waals surface area contributed by atoms with Crippen molar-refractivity contribution in [3.05, 3.63) is 41.2 Å². The van der Waals surface area contributed by atoms with Crippen LogP contribution in [0.2, 0.25) is 5.02 Å². The van der Waals surface area contributed by atoms with Crippen molar-refractivity contribution in [1.82, 2.24) is 19.9 Å². The Morgan fingerprint density at radius 3 is 2.64 bits per heavy atom. The maximum Gasteiger partial charge on any atom is 0.237 e. The van der Waals surface area contributed by atoms with E-state index in [4.69, 9.17) is 28.9 Å². The standard InChI is InChI=1S/C21H16Cl2F2N6OS/c22-8-14(32)30-3-5-31(6-4-30)20-11-7-12(23)15(16(25)17(11)27-9-28-20)10-1-2-13(24)19-18(10)29-21(26)33-19/h1-2,7,9H,3-6,8H2,(H2,26,29).